The highest BCUT2D eigenvalue weighted by Crippen LogP contribution is 2.35. The number of carbonyl (C=O) groups is 8. The smallest absolute Gasteiger partial charge is 0.408 e. The van der Waals surface area contributed by atoms with Crippen molar-refractivity contribution in [2.45, 2.75) is 146 Å². The quantitative estimate of drug-likeness (QED) is 0.106. The first-order valence-electron chi connectivity index (χ1n) is 26.0. The van der Waals surface area contributed by atoms with Gasteiger partial charge in [0.05, 0.1) is 23.6 Å². The first kappa shape index (κ1) is 53.0. The lowest BCUT2D eigenvalue weighted by atomic mass is 9.79. The molecule has 19 heteroatoms. The van der Waals surface area contributed by atoms with E-state index in [1.165, 1.54) is 14.0 Å². The molecule has 4 heterocycles. The molecule has 0 spiro atoms. The number of aromatic nitrogens is 2. The number of nitrogens with zero attached hydrogens (tertiary/aromatic N) is 4. The van der Waals surface area contributed by atoms with Gasteiger partial charge in [0.25, 0.3) is 0 Å². The zero-order valence-corrected chi connectivity index (χ0v) is 42.7. The fourth-order valence-corrected chi connectivity index (χ4v) is 11.2. The maximum absolute atomic E-state index is 14.8. The summed E-state index contributed by atoms with van der Waals surface area (Å²) in [5.41, 5.74) is 8.33. The average molecular weight is 1020 g/mol. The molecule has 8 amide bonds. The Bertz CT molecular complexity index is 2780. The zero-order chi connectivity index (χ0) is 52.8. The lowest BCUT2D eigenvalue weighted by Gasteiger charge is -2.40. The van der Waals surface area contributed by atoms with Crippen molar-refractivity contribution in [2.24, 2.45) is 24.6 Å². The lowest BCUT2D eigenvalue weighted by Crippen LogP contribution is -2.62. The largest absolute Gasteiger partial charge is 0.444 e. The normalized spacial score (nSPS) is 22.8. The average Bonchev–Trinajstić information content (AvgIpc) is 3.90. The Balaban J connectivity index is 0.920. The second kappa shape index (κ2) is 22.8. The Kier molecular flexibility index (Phi) is 16.4. The molecule has 1 aliphatic carbocycles. The predicted molar refractivity (Wildman–Crippen MR) is 274 cm³/mol. The van der Waals surface area contributed by atoms with Gasteiger partial charge >= 0.3 is 11.8 Å². The number of hydrogen-bond acceptors (Lipinski definition) is 10. The Morgan fingerprint density at radius 2 is 1.49 bits per heavy atom. The van der Waals surface area contributed by atoms with Crippen LogP contribution in [0.2, 0.25) is 0 Å². The number of rotatable bonds is 15. The van der Waals surface area contributed by atoms with Crippen molar-refractivity contribution in [1.29, 1.82) is 0 Å². The van der Waals surface area contributed by atoms with E-state index in [1.54, 1.807) is 32.7 Å². The van der Waals surface area contributed by atoms with E-state index in [4.69, 9.17) is 10.5 Å². The summed E-state index contributed by atoms with van der Waals surface area (Å²) in [7, 11) is 1.68. The number of nitrogens with two attached hydrogens (primary N) is 1. The van der Waals surface area contributed by atoms with Crippen molar-refractivity contribution in [2.75, 3.05) is 13.1 Å². The molecule has 3 aliphatic heterocycles. The van der Waals surface area contributed by atoms with Crippen molar-refractivity contribution in [1.82, 2.24) is 40.2 Å². The topological polar surface area (TPSA) is 253 Å². The van der Waals surface area contributed by atoms with Crippen LogP contribution in [-0.2, 0) is 51.8 Å². The minimum absolute atomic E-state index is 0.0840. The third kappa shape index (κ3) is 12.4. The summed E-state index contributed by atoms with van der Waals surface area (Å²) in [5.74, 6) is -3.16. The number of alkyl carbamates (subject to hydrolysis) is 1. The van der Waals surface area contributed by atoms with Crippen LogP contribution in [0.1, 0.15) is 127 Å². The first-order valence-corrected chi connectivity index (χ1v) is 26.0. The highest BCUT2D eigenvalue weighted by molar-refractivity contribution is 6.00. The van der Waals surface area contributed by atoms with E-state index in [1.807, 2.05) is 78.9 Å². The van der Waals surface area contributed by atoms with Crippen LogP contribution in [-0.4, -0.2) is 109 Å². The van der Waals surface area contributed by atoms with Crippen LogP contribution in [0.15, 0.2) is 83.7 Å². The highest BCUT2D eigenvalue weighted by Gasteiger charge is 2.47. The van der Waals surface area contributed by atoms with Gasteiger partial charge in [0.15, 0.2) is 0 Å². The van der Waals surface area contributed by atoms with Crippen LogP contribution in [0.25, 0.3) is 11.0 Å². The van der Waals surface area contributed by atoms with Gasteiger partial charge in [0.1, 0.15) is 29.8 Å². The van der Waals surface area contributed by atoms with Gasteiger partial charge in [-0.25, -0.2) is 9.59 Å². The van der Waals surface area contributed by atoms with Gasteiger partial charge in [-0.2, -0.15) is 0 Å². The third-order valence-electron chi connectivity index (χ3n) is 15.1. The van der Waals surface area contributed by atoms with E-state index in [9.17, 15) is 43.2 Å². The van der Waals surface area contributed by atoms with E-state index >= 15 is 0 Å². The van der Waals surface area contributed by atoms with E-state index < -0.39 is 77.5 Å². The molecule has 6 N–H and O–H groups in total. The molecule has 74 heavy (non-hydrogen) atoms. The van der Waals surface area contributed by atoms with Crippen LogP contribution in [0.3, 0.4) is 0 Å². The van der Waals surface area contributed by atoms with Crippen LogP contribution in [0.5, 0.6) is 0 Å². The predicted octanol–water partition coefficient (Wildman–Crippen LogP) is 4.20. The fraction of sp³-hybridized carbons (Fsp3) is 0.509. The van der Waals surface area contributed by atoms with Crippen molar-refractivity contribution in [3.05, 3.63) is 106 Å². The van der Waals surface area contributed by atoms with Gasteiger partial charge in [-0.3, -0.25) is 48.0 Å². The van der Waals surface area contributed by atoms with Crippen LogP contribution >= 0.6 is 0 Å². The van der Waals surface area contributed by atoms with Crippen LogP contribution in [0, 0.1) is 11.8 Å². The Labute approximate surface area is 430 Å². The molecule has 394 valence electrons. The Morgan fingerprint density at radius 1 is 0.811 bits per heavy atom. The maximum atomic E-state index is 14.8. The monoisotopic (exact) mass is 1020 g/mol. The molecule has 1 saturated carbocycles. The number of aryl methyl sites for hydroxylation is 2. The van der Waals surface area contributed by atoms with E-state index in [2.05, 4.69) is 21.3 Å². The molecular weight excluding hydrogens is 947 g/mol. The van der Waals surface area contributed by atoms with Gasteiger partial charge in [-0.15, -0.1) is 0 Å². The summed E-state index contributed by atoms with van der Waals surface area (Å²) in [6.45, 7) is 5.26. The number of hydrogen-bond donors (Lipinski definition) is 5. The molecule has 3 saturated heterocycles. The zero-order valence-electron chi connectivity index (χ0n) is 42.7. The lowest BCUT2D eigenvalue weighted by molar-refractivity contribution is -0.147. The molecule has 4 aliphatic rings. The summed E-state index contributed by atoms with van der Waals surface area (Å²) in [6.07, 6.45) is 4.98. The molecule has 5 atom stereocenters. The molecule has 0 bridgehead atoms. The van der Waals surface area contributed by atoms with Crippen molar-refractivity contribution >= 4 is 58.5 Å². The summed E-state index contributed by atoms with van der Waals surface area (Å²) < 4.78 is 8.59. The number of piperidine rings is 1. The maximum Gasteiger partial charge on any atom is 0.408 e. The molecule has 1 unspecified atom stereocenters. The van der Waals surface area contributed by atoms with Crippen molar-refractivity contribution in [3.8, 4) is 0 Å². The number of benzene rings is 3. The van der Waals surface area contributed by atoms with Gasteiger partial charge in [-0.05, 0) is 126 Å². The van der Waals surface area contributed by atoms with Crippen LogP contribution < -0.4 is 32.7 Å². The molecule has 4 aromatic rings. The highest BCUT2D eigenvalue weighted by atomic mass is 16.6. The third-order valence-corrected chi connectivity index (χ3v) is 15.1. The number of carbonyl (C=O) groups excluding carboxylic acids is 8. The number of ether oxygens (including phenoxy) is 1. The summed E-state index contributed by atoms with van der Waals surface area (Å²) in [4.78, 5) is 124. The Morgan fingerprint density at radius 3 is 2.12 bits per heavy atom. The van der Waals surface area contributed by atoms with Gasteiger partial charge in [0.2, 0.25) is 41.4 Å². The number of fused-ring (bicyclic) bond motifs is 2. The van der Waals surface area contributed by atoms with Crippen molar-refractivity contribution in [3.63, 3.8) is 0 Å². The molecule has 0 radical (unpaired) electrons. The molecule has 1 aromatic heterocycles. The number of imide groups is 1. The summed E-state index contributed by atoms with van der Waals surface area (Å²) >= 11 is 0. The first-order chi connectivity index (χ1) is 35.3. The Hall–Kier alpha value is -7.31. The summed E-state index contributed by atoms with van der Waals surface area (Å²) in [5, 5.41) is 11.0. The number of primary amides is 1. The number of nitrogens with one attached hydrogen (secondary N) is 4. The van der Waals surface area contributed by atoms with Gasteiger partial charge in [0, 0.05) is 38.4 Å². The number of amides is 8. The second-order valence-electron chi connectivity index (χ2n) is 21.4. The molecule has 8 rings (SSSR count). The van der Waals surface area contributed by atoms with E-state index in [0.29, 0.717) is 42.6 Å². The molecular formula is C55H69N9O10. The van der Waals surface area contributed by atoms with E-state index in [-0.39, 0.29) is 68.6 Å². The minimum Gasteiger partial charge on any atom is -0.444 e. The molecule has 19 nitrogen and oxygen atoms in total. The van der Waals surface area contributed by atoms with Crippen LogP contribution in [0.4, 0.5) is 4.79 Å². The fourth-order valence-electron chi connectivity index (χ4n) is 11.2. The molecule has 3 aromatic carbocycles. The minimum atomic E-state index is -1.24. The van der Waals surface area contributed by atoms with Gasteiger partial charge in [-0.1, -0.05) is 66.7 Å². The van der Waals surface area contributed by atoms with E-state index in [0.717, 1.165) is 42.4 Å². The standard InChI is InChI=1S/C55H69N9O10/c1-55(2,3)74-53(72)58-40-32-62(51(70)37-20-17-33(18-21-37)15-16-34-19-24-41-44(31-34)61(4)54(73)64(41)43-26-28-46(66)59-50(43)69)30-29-38-22-25-42(63(38)52(40)71)49(68)57-39(23-27-45(56)65)48(67)60-47(35-11-7-5-8-12-35)36-13-9-6-10-14-36/h5-14,19,24,31,33,37-40,42-43,47H,15-18,20-23,25-30,32H2,1-4H3,(H2,56,65)(H,57,68)(H,58,72)(H,60,67)(H,59,66,69)/t33?,37?,38-,39+,40+,42+,43?/m1/s1. The second-order valence-corrected chi connectivity index (χ2v) is 21.4. The molecule has 4 fully saturated rings. The summed E-state index contributed by atoms with van der Waals surface area (Å²) in [6, 6.07) is 19.3. The SMILES string of the molecule is Cn1c(=O)n(C2CCC(=O)NC2=O)c2ccc(CCC3CCC(C(=O)N4CC[C@H]5CC[C@@H](C(=O)N[C@@H](CCC(N)=O)C(=O)NC(c6ccccc6)c6ccccc6)N5C(=O)[C@@H](NC(=O)OC(C)(C)C)C4)CC3)cc21. The number of imidazole rings is 1. The van der Waals surface area contributed by atoms with Crippen molar-refractivity contribution < 1.29 is 43.1 Å². The van der Waals surface area contributed by atoms with Gasteiger partial charge < -0.3 is 36.2 Å².